The van der Waals surface area contributed by atoms with Crippen molar-refractivity contribution in [3.05, 3.63) is 58.9 Å². The predicted molar refractivity (Wildman–Crippen MR) is 82.2 cm³/mol. The van der Waals surface area contributed by atoms with Crippen LogP contribution in [-0.2, 0) is 7.05 Å². The highest BCUT2D eigenvalue weighted by Gasteiger charge is 2.17. The van der Waals surface area contributed by atoms with E-state index in [2.05, 4.69) is 10.1 Å². The highest BCUT2D eigenvalue weighted by molar-refractivity contribution is 6.33. The molecular formula is C16H11ClFN3O. The zero-order valence-electron chi connectivity index (χ0n) is 11.6. The Labute approximate surface area is 131 Å². The first-order valence-electron chi connectivity index (χ1n) is 6.51. The molecule has 4 nitrogen and oxygen atoms in total. The van der Waals surface area contributed by atoms with Gasteiger partial charge in [0.25, 0.3) is 0 Å². The third kappa shape index (κ3) is 2.51. The second kappa shape index (κ2) is 5.69. The van der Waals surface area contributed by atoms with Crippen LogP contribution in [0.25, 0.3) is 22.8 Å². The highest BCUT2D eigenvalue weighted by Crippen LogP contribution is 2.29. The molecule has 3 aromatic rings. The van der Waals surface area contributed by atoms with Crippen molar-refractivity contribution in [2.24, 2.45) is 7.05 Å². The number of rotatable bonds is 3. The predicted octanol–water partition coefficient (Wildman–Crippen LogP) is 3.75. The molecule has 3 rings (SSSR count). The van der Waals surface area contributed by atoms with E-state index in [1.807, 2.05) is 0 Å². The number of halogens is 2. The van der Waals surface area contributed by atoms with Crippen molar-refractivity contribution in [2.45, 2.75) is 0 Å². The van der Waals surface area contributed by atoms with Crippen molar-refractivity contribution in [1.29, 1.82) is 0 Å². The number of benzene rings is 2. The van der Waals surface area contributed by atoms with E-state index in [1.54, 1.807) is 42.1 Å². The first kappa shape index (κ1) is 14.4. The van der Waals surface area contributed by atoms with Gasteiger partial charge >= 0.3 is 0 Å². The van der Waals surface area contributed by atoms with Crippen LogP contribution in [0.5, 0.6) is 0 Å². The molecule has 0 radical (unpaired) electrons. The van der Waals surface area contributed by atoms with Crippen LogP contribution in [0.4, 0.5) is 4.39 Å². The normalized spacial score (nSPS) is 10.7. The molecule has 0 saturated carbocycles. The first-order valence-corrected chi connectivity index (χ1v) is 6.89. The number of hydrogen-bond donors (Lipinski definition) is 0. The van der Waals surface area contributed by atoms with Crippen LogP contribution in [0.2, 0.25) is 5.02 Å². The zero-order chi connectivity index (χ0) is 15.7. The van der Waals surface area contributed by atoms with Crippen LogP contribution in [0.15, 0.2) is 42.5 Å². The summed E-state index contributed by atoms with van der Waals surface area (Å²) in [6.45, 7) is 0. The van der Waals surface area contributed by atoms with Gasteiger partial charge < -0.3 is 0 Å². The molecule has 110 valence electrons. The molecule has 2 aromatic carbocycles. The molecule has 22 heavy (non-hydrogen) atoms. The summed E-state index contributed by atoms with van der Waals surface area (Å²) in [5, 5.41) is 4.49. The minimum atomic E-state index is -0.471. The molecule has 0 N–H and O–H groups in total. The van der Waals surface area contributed by atoms with Crippen LogP contribution in [0.3, 0.4) is 0 Å². The van der Waals surface area contributed by atoms with Crippen molar-refractivity contribution in [1.82, 2.24) is 14.8 Å². The topological polar surface area (TPSA) is 47.8 Å². The van der Waals surface area contributed by atoms with E-state index in [-0.39, 0.29) is 16.4 Å². The van der Waals surface area contributed by atoms with E-state index in [0.717, 1.165) is 11.8 Å². The Morgan fingerprint density at radius 2 is 1.91 bits per heavy atom. The molecule has 0 unspecified atom stereocenters. The van der Waals surface area contributed by atoms with Gasteiger partial charge in [-0.05, 0) is 12.1 Å². The number of aryl methyl sites for hydroxylation is 1. The van der Waals surface area contributed by atoms with Crippen molar-refractivity contribution in [3.63, 3.8) is 0 Å². The molecule has 0 aliphatic rings. The summed E-state index contributed by atoms with van der Waals surface area (Å²) < 4.78 is 15.5. The van der Waals surface area contributed by atoms with E-state index >= 15 is 0 Å². The zero-order valence-corrected chi connectivity index (χ0v) is 12.4. The Bertz CT molecular complexity index is 823. The van der Waals surface area contributed by atoms with Gasteiger partial charge in [0.2, 0.25) is 0 Å². The maximum atomic E-state index is 14.0. The number of aromatic nitrogens is 3. The Morgan fingerprint density at radius 3 is 2.55 bits per heavy atom. The van der Waals surface area contributed by atoms with Gasteiger partial charge in [0.1, 0.15) is 12.1 Å². The summed E-state index contributed by atoms with van der Waals surface area (Å²) in [6, 6.07) is 11.3. The molecule has 6 heteroatoms. The quantitative estimate of drug-likeness (QED) is 0.691. The van der Waals surface area contributed by atoms with Gasteiger partial charge in [0.05, 0.1) is 10.6 Å². The van der Waals surface area contributed by atoms with E-state index in [0.29, 0.717) is 11.4 Å². The summed E-state index contributed by atoms with van der Waals surface area (Å²) >= 11 is 6.04. The van der Waals surface area contributed by atoms with Crippen LogP contribution in [-0.4, -0.2) is 21.1 Å². The minimum absolute atomic E-state index is 0.176. The highest BCUT2D eigenvalue weighted by atomic mass is 35.5. The number of carbonyl (C=O) groups is 1. The molecule has 0 aliphatic carbocycles. The number of carbonyl (C=O) groups excluding carboxylic acids is 1. The molecule has 0 aliphatic heterocycles. The number of nitrogens with zero attached hydrogens (tertiary/aromatic N) is 3. The Hall–Kier alpha value is -2.53. The summed E-state index contributed by atoms with van der Waals surface area (Å²) in [7, 11) is 1.72. The van der Waals surface area contributed by atoms with Gasteiger partial charge in [-0.3, -0.25) is 4.79 Å². The van der Waals surface area contributed by atoms with Crippen LogP contribution >= 0.6 is 11.6 Å². The molecule has 0 bridgehead atoms. The largest absolute Gasteiger partial charge is 0.298 e. The van der Waals surface area contributed by atoms with Crippen molar-refractivity contribution in [2.75, 3.05) is 0 Å². The van der Waals surface area contributed by atoms with E-state index in [4.69, 9.17) is 11.6 Å². The lowest BCUT2D eigenvalue weighted by Crippen LogP contribution is -1.94. The van der Waals surface area contributed by atoms with Gasteiger partial charge in [-0.25, -0.2) is 14.1 Å². The molecule has 0 atom stereocenters. The van der Waals surface area contributed by atoms with Crippen LogP contribution in [0.1, 0.15) is 10.4 Å². The van der Waals surface area contributed by atoms with Crippen LogP contribution < -0.4 is 0 Å². The molecule has 1 aromatic heterocycles. The molecule has 0 spiro atoms. The molecule has 0 fully saturated rings. The average molecular weight is 316 g/mol. The lowest BCUT2D eigenvalue weighted by atomic mass is 10.1. The smallest absolute Gasteiger partial charge is 0.186 e. The molecular weight excluding hydrogens is 305 g/mol. The fraction of sp³-hybridized carbons (Fsp3) is 0.0625. The van der Waals surface area contributed by atoms with Crippen LogP contribution in [0, 0.1) is 5.82 Å². The summed E-state index contributed by atoms with van der Waals surface area (Å²) in [4.78, 5) is 15.1. The Morgan fingerprint density at radius 1 is 1.18 bits per heavy atom. The fourth-order valence-corrected chi connectivity index (χ4v) is 2.41. The Balaban J connectivity index is 2.09. The SMILES string of the molecule is Cn1nc(-c2c(F)cccc2Cl)nc1-c1ccc(C=O)cc1. The van der Waals surface area contributed by atoms with Gasteiger partial charge in [-0.2, -0.15) is 5.10 Å². The lowest BCUT2D eigenvalue weighted by molar-refractivity contribution is 0.112. The first-order chi connectivity index (χ1) is 10.6. The third-order valence-electron chi connectivity index (χ3n) is 3.25. The standard InChI is InChI=1S/C16H11ClFN3O/c1-21-16(11-7-5-10(9-22)6-8-11)19-15(20-21)14-12(17)3-2-4-13(14)18/h2-9H,1H3. The maximum absolute atomic E-state index is 14.0. The van der Waals surface area contributed by atoms with E-state index < -0.39 is 5.82 Å². The lowest BCUT2D eigenvalue weighted by Gasteiger charge is -2.00. The summed E-state index contributed by atoms with van der Waals surface area (Å²) in [6.07, 6.45) is 0.769. The third-order valence-corrected chi connectivity index (χ3v) is 3.57. The van der Waals surface area contributed by atoms with E-state index in [9.17, 15) is 9.18 Å². The van der Waals surface area contributed by atoms with Crippen molar-refractivity contribution in [3.8, 4) is 22.8 Å². The van der Waals surface area contributed by atoms with E-state index in [1.165, 1.54) is 12.1 Å². The number of aldehydes is 1. The second-order valence-electron chi connectivity index (χ2n) is 4.72. The van der Waals surface area contributed by atoms with Gasteiger partial charge in [-0.1, -0.05) is 41.9 Å². The molecule has 1 heterocycles. The maximum Gasteiger partial charge on any atom is 0.186 e. The Kier molecular flexibility index (Phi) is 3.73. The van der Waals surface area contributed by atoms with Crippen molar-refractivity contribution < 1.29 is 9.18 Å². The van der Waals surface area contributed by atoms with Gasteiger partial charge in [-0.15, -0.1) is 0 Å². The molecule has 0 saturated heterocycles. The minimum Gasteiger partial charge on any atom is -0.298 e. The number of hydrogen-bond acceptors (Lipinski definition) is 3. The second-order valence-corrected chi connectivity index (χ2v) is 5.13. The molecule has 0 amide bonds. The fourth-order valence-electron chi connectivity index (χ4n) is 2.16. The van der Waals surface area contributed by atoms with Crippen molar-refractivity contribution >= 4 is 17.9 Å². The monoisotopic (exact) mass is 315 g/mol. The van der Waals surface area contributed by atoms with Gasteiger partial charge in [0.15, 0.2) is 11.6 Å². The average Bonchev–Trinajstić information content (AvgIpc) is 2.89. The van der Waals surface area contributed by atoms with Gasteiger partial charge in [0, 0.05) is 18.2 Å². The summed E-state index contributed by atoms with van der Waals surface area (Å²) in [5.41, 5.74) is 1.53. The summed E-state index contributed by atoms with van der Waals surface area (Å²) in [5.74, 6) is 0.313.